The van der Waals surface area contributed by atoms with Crippen molar-refractivity contribution in [2.45, 2.75) is 46.2 Å². The lowest BCUT2D eigenvalue weighted by Crippen LogP contribution is -2.39. The number of hydrogen-bond acceptors (Lipinski definition) is 4. The summed E-state index contributed by atoms with van der Waals surface area (Å²) in [5, 5.41) is 17.0. The van der Waals surface area contributed by atoms with Crippen LogP contribution < -0.4 is 0 Å². The van der Waals surface area contributed by atoms with Gasteiger partial charge in [-0.3, -0.25) is 4.90 Å². The molecule has 1 heterocycles. The van der Waals surface area contributed by atoms with Crippen LogP contribution in [0, 0.1) is 0 Å². The first-order chi connectivity index (χ1) is 9.02. The number of hydrogen-bond donors (Lipinski definition) is 1. The Morgan fingerprint density at radius 3 is 2.68 bits per heavy atom. The van der Waals surface area contributed by atoms with E-state index >= 15 is 0 Å². The summed E-state index contributed by atoms with van der Waals surface area (Å²) in [7, 11) is 0. The molecule has 5 heteroatoms. The standard InChI is InChI=1S/C14H22N4O/c1-5-17(10(2)3)11(4)8-12-6-7-13-14(9-12)18(19)16-15-13/h6-7,9-11,19H,5,8H2,1-4H3. The Bertz CT molecular complexity index is 549. The molecule has 1 aromatic carbocycles. The van der Waals surface area contributed by atoms with E-state index in [1.165, 1.54) is 5.56 Å². The van der Waals surface area contributed by atoms with Crippen molar-refractivity contribution < 1.29 is 5.21 Å². The van der Waals surface area contributed by atoms with Crippen LogP contribution in [0.25, 0.3) is 11.0 Å². The Kier molecular flexibility index (Phi) is 4.04. The molecule has 0 bridgehead atoms. The summed E-state index contributed by atoms with van der Waals surface area (Å²) in [4.78, 5) is 3.29. The Morgan fingerprint density at radius 1 is 1.32 bits per heavy atom. The third-order valence-corrected chi connectivity index (χ3v) is 3.62. The quantitative estimate of drug-likeness (QED) is 0.840. The van der Waals surface area contributed by atoms with E-state index in [0.29, 0.717) is 17.6 Å². The molecule has 1 aromatic heterocycles. The number of nitrogens with zero attached hydrogens (tertiary/aromatic N) is 4. The second-order valence-electron chi connectivity index (χ2n) is 5.28. The van der Waals surface area contributed by atoms with Crippen LogP contribution in [0.5, 0.6) is 0 Å². The van der Waals surface area contributed by atoms with Crippen LogP contribution in [-0.4, -0.2) is 43.9 Å². The van der Waals surface area contributed by atoms with E-state index in [9.17, 15) is 5.21 Å². The van der Waals surface area contributed by atoms with Gasteiger partial charge in [-0.05, 0) is 56.6 Å². The molecule has 1 N–H and O–H groups in total. The molecule has 19 heavy (non-hydrogen) atoms. The zero-order valence-electron chi connectivity index (χ0n) is 12.0. The van der Waals surface area contributed by atoms with Gasteiger partial charge >= 0.3 is 0 Å². The molecule has 0 fully saturated rings. The molecule has 0 aliphatic heterocycles. The molecule has 104 valence electrons. The van der Waals surface area contributed by atoms with Gasteiger partial charge in [-0.1, -0.05) is 17.8 Å². The topological polar surface area (TPSA) is 54.2 Å². The monoisotopic (exact) mass is 262 g/mol. The fraction of sp³-hybridized carbons (Fsp3) is 0.571. The molecule has 0 spiro atoms. The zero-order chi connectivity index (χ0) is 14.0. The largest absolute Gasteiger partial charge is 0.410 e. The van der Waals surface area contributed by atoms with Crippen molar-refractivity contribution in [3.05, 3.63) is 23.8 Å². The van der Waals surface area contributed by atoms with Gasteiger partial charge in [0.1, 0.15) is 11.0 Å². The van der Waals surface area contributed by atoms with E-state index in [4.69, 9.17) is 0 Å². The first-order valence-electron chi connectivity index (χ1n) is 6.82. The van der Waals surface area contributed by atoms with Crippen molar-refractivity contribution in [2.75, 3.05) is 6.54 Å². The molecule has 2 rings (SSSR count). The van der Waals surface area contributed by atoms with Crippen molar-refractivity contribution >= 4 is 11.0 Å². The van der Waals surface area contributed by atoms with Crippen LogP contribution in [0.15, 0.2) is 18.2 Å². The molecule has 1 unspecified atom stereocenters. The Morgan fingerprint density at radius 2 is 2.05 bits per heavy atom. The van der Waals surface area contributed by atoms with Gasteiger partial charge in [0, 0.05) is 12.1 Å². The van der Waals surface area contributed by atoms with E-state index in [1.807, 2.05) is 12.1 Å². The molecule has 0 aliphatic rings. The van der Waals surface area contributed by atoms with E-state index in [2.05, 4.69) is 49.0 Å². The summed E-state index contributed by atoms with van der Waals surface area (Å²) in [6.07, 6.45) is 0.952. The predicted octanol–water partition coefficient (Wildman–Crippen LogP) is 2.33. The molecule has 0 radical (unpaired) electrons. The van der Waals surface area contributed by atoms with Crippen LogP contribution in [0.4, 0.5) is 0 Å². The van der Waals surface area contributed by atoms with Gasteiger partial charge in [-0.15, -0.1) is 5.10 Å². The Hall–Kier alpha value is -1.62. The van der Waals surface area contributed by atoms with Gasteiger partial charge in [-0.25, -0.2) is 0 Å². The molecular formula is C14H22N4O. The van der Waals surface area contributed by atoms with E-state index in [0.717, 1.165) is 23.3 Å². The molecule has 0 amide bonds. The maximum atomic E-state index is 9.55. The highest BCUT2D eigenvalue weighted by Crippen LogP contribution is 2.16. The lowest BCUT2D eigenvalue weighted by molar-refractivity contribution is 0.154. The normalized spacial score (nSPS) is 13.6. The highest BCUT2D eigenvalue weighted by atomic mass is 16.5. The number of rotatable bonds is 5. The highest BCUT2D eigenvalue weighted by Gasteiger charge is 2.16. The number of likely N-dealkylation sites (N-methyl/N-ethyl adjacent to an activating group) is 1. The molecule has 2 aromatic rings. The van der Waals surface area contributed by atoms with Crippen molar-refractivity contribution in [3.63, 3.8) is 0 Å². The van der Waals surface area contributed by atoms with Crippen LogP contribution >= 0.6 is 0 Å². The van der Waals surface area contributed by atoms with E-state index < -0.39 is 0 Å². The average molecular weight is 262 g/mol. The average Bonchev–Trinajstić information content (AvgIpc) is 2.71. The molecule has 0 aliphatic carbocycles. The second-order valence-corrected chi connectivity index (χ2v) is 5.28. The zero-order valence-corrected chi connectivity index (χ0v) is 12.0. The summed E-state index contributed by atoms with van der Waals surface area (Å²) in [6, 6.07) is 6.92. The van der Waals surface area contributed by atoms with Crippen LogP contribution in [-0.2, 0) is 6.42 Å². The van der Waals surface area contributed by atoms with Crippen molar-refractivity contribution in [1.82, 2.24) is 20.1 Å². The van der Waals surface area contributed by atoms with Gasteiger partial charge in [0.2, 0.25) is 0 Å². The van der Waals surface area contributed by atoms with Crippen molar-refractivity contribution in [2.24, 2.45) is 0 Å². The van der Waals surface area contributed by atoms with Gasteiger partial charge < -0.3 is 5.21 Å². The number of benzene rings is 1. The predicted molar refractivity (Wildman–Crippen MR) is 75.4 cm³/mol. The molecule has 0 saturated carbocycles. The van der Waals surface area contributed by atoms with E-state index in [1.54, 1.807) is 0 Å². The van der Waals surface area contributed by atoms with Crippen LogP contribution in [0.2, 0.25) is 0 Å². The maximum Gasteiger partial charge on any atom is 0.130 e. The first kappa shape index (κ1) is 13.8. The smallest absolute Gasteiger partial charge is 0.130 e. The van der Waals surface area contributed by atoms with E-state index in [-0.39, 0.29) is 0 Å². The first-order valence-corrected chi connectivity index (χ1v) is 6.82. The summed E-state index contributed by atoms with van der Waals surface area (Å²) in [6.45, 7) is 9.90. The number of aromatic nitrogens is 3. The third kappa shape index (κ3) is 2.87. The minimum atomic E-state index is 0.463. The lowest BCUT2D eigenvalue weighted by Gasteiger charge is -2.31. The fourth-order valence-corrected chi connectivity index (χ4v) is 2.72. The minimum Gasteiger partial charge on any atom is -0.410 e. The molecule has 0 saturated heterocycles. The lowest BCUT2D eigenvalue weighted by atomic mass is 10.0. The summed E-state index contributed by atoms with van der Waals surface area (Å²) >= 11 is 0. The highest BCUT2D eigenvalue weighted by molar-refractivity contribution is 5.74. The van der Waals surface area contributed by atoms with Gasteiger partial charge in [-0.2, -0.15) is 0 Å². The second kappa shape index (κ2) is 5.57. The maximum absolute atomic E-state index is 9.55. The Balaban J connectivity index is 2.18. The van der Waals surface area contributed by atoms with Gasteiger partial charge in [0.15, 0.2) is 0 Å². The molecule has 5 nitrogen and oxygen atoms in total. The number of fused-ring (bicyclic) bond motifs is 1. The van der Waals surface area contributed by atoms with Gasteiger partial charge in [0.25, 0.3) is 0 Å². The Labute approximate surface area is 113 Å². The summed E-state index contributed by atoms with van der Waals surface area (Å²) in [5.41, 5.74) is 2.57. The summed E-state index contributed by atoms with van der Waals surface area (Å²) < 4.78 is 0. The van der Waals surface area contributed by atoms with Crippen LogP contribution in [0.1, 0.15) is 33.3 Å². The van der Waals surface area contributed by atoms with Crippen molar-refractivity contribution in [3.8, 4) is 0 Å². The summed E-state index contributed by atoms with van der Waals surface area (Å²) in [5.74, 6) is 0. The SMILES string of the molecule is CCN(C(C)C)C(C)Cc1ccc2nnn(O)c2c1. The molecular weight excluding hydrogens is 240 g/mol. The van der Waals surface area contributed by atoms with Crippen LogP contribution in [0.3, 0.4) is 0 Å². The van der Waals surface area contributed by atoms with Gasteiger partial charge in [0.05, 0.1) is 0 Å². The molecule has 1 atom stereocenters. The third-order valence-electron chi connectivity index (χ3n) is 3.62. The minimum absolute atomic E-state index is 0.463. The fourth-order valence-electron chi connectivity index (χ4n) is 2.72. The van der Waals surface area contributed by atoms with Crippen molar-refractivity contribution in [1.29, 1.82) is 0 Å².